The first kappa shape index (κ1) is 11.7. The van der Waals surface area contributed by atoms with Crippen LogP contribution in [0.2, 0.25) is 0 Å². The summed E-state index contributed by atoms with van der Waals surface area (Å²) < 4.78 is 0. The summed E-state index contributed by atoms with van der Waals surface area (Å²) in [4.78, 5) is 0. The summed E-state index contributed by atoms with van der Waals surface area (Å²) in [6.45, 7) is 7.80. The third-order valence-corrected chi connectivity index (χ3v) is 4.35. The zero-order chi connectivity index (χ0) is 11.4. The van der Waals surface area contributed by atoms with Crippen LogP contribution in [0.3, 0.4) is 0 Å². The maximum absolute atomic E-state index is 3.90. The molecule has 0 aromatic carbocycles. The van der Waals surface area contributed by atoms with E-state index in [9.17, 15) is 0 Å². The van der Waals surface area contributed by atoms with Crippen LogP contribution in [0.25, 0.3) is 0 Å². The second-order valence-electron chi connectivity index (χ2n) is 5.52. The highest BCUT2D eigenvalue weighted by molar-refractivity contribution is 5.01. The van der Waals surface area contributed by atoms with E-state index in [0.717, 1.165) is 23.7 Å². The summed E-state index contributed by atoms with van der Waals surface area (Å²) in [6.07, 6.45) is 17.3. The number of rotatable bonds is 4. The van der Waals surface area contributed by atoms with Crippen LogP contribution in [0, 0.1) is 23.7 Å². The van der Waals surface area contributed by atoms with Gasteiger partial charge in [-0.2, -0.15) is 0 Å². The Balaban J connectivity index is 1.77. The molecule has 2 aliphatic rings. The first-order valence-electron chi connectivity index (χ1n) is 6.75. The van der Waals surface area contributed by atoms with Gasteiger partial charge in [-0.1, -0.05) is 24.3 Å². The average molecular weight is 216 g/mol. The molecule has 0 radical (unpaired) electrons. The zero-order valence-corrected chi connectivity index (χ0v) is 10.3. The monoisotopic (exact) mass is 216 g/mol. The standard InChI is InChI=1S/C16H24/c1-3-13-5-7-15(11-13)9-10-16-8-6-14(4-2)12-16/h3-4,9-10,13-16H,1-2,5-8,11-12H2. The SMILES string of the molecule is C=CC1CCC(C=CC2CCC(C=C)C2)C1. The first-order valence-corrected chi connectivity index (χ1v) is 6.75. The molecular weight excluding hydrogens is 192 g/mol. The Morgan fingerprint density at radius 1 is 0.625 bits per heavy atom. The molecule has 2 rings (SSSR count). The summed E-state index contributed by atoms with van der Waals surface area (Å²) in [5.74, 6) is 3.20. The van der Waals surface area contributed by atoms with Crippen molar-refractivity contribution in [2.75, 3.05) is 0 Å². The third kappa shape index (κ3) is 2.87. The first-order chi connectivity index (χ1) is 7.81. The predicted octanol–water partition coefficient (Wildman–Crippen LogP) is 4.75. The lowest BCUT2D eigenvalue weighted by molar-refractivity contribution is 0.613. The van der Waals surface area contributed by atoms with E-state index >= 15 is 0 Å². The fourth-order valence-corrected chi connectivity index (χ4v) is 3.20. The zero-order valence-electron chi connectivity index (χ0n) is 10.3. The normalized spacial score (nSPS) is 39.2. The molecule has 0 amide bonds. The van der Waals surface area contributed by atoms with Crippen molar-refractivity contribution in [3.05, 3.63) is 37.5 Å². The van der Waals surface area contributed by atoms with E-state index in [-0.39, 0.29) is 0 Å². The molecule has 0 aromatic rings. The van der Waals surface area contributed by atoms with Crippen LogP contribution in [0.4, 0.5) is 0 Å². The molecule has 2 saturated carbocycles. The second-order valence-corrected chi connectivity index (χ2v) is 5.52. The van der Waals surface area contributed by atoms with Crippen LogP contribution in [-0.4, -0.2) is 0 Å². The third-order valence-electron chi connectivity index (χ3n) is 4.35. The molecule has 0 bridgehead atoms. The summed E-state index contributed by atoms with van der Waals surface area (Å²) in [5, 5.41) is 0. The summed E-state index contributed by atoms with van der Waals surface area (Å²) >= 11 is 0. The van der Waals surface area contributed by atoms with Gasteiger partial charge < -0.3 is 0 Å². The molecule has 0 heteroatoms. The summed E-state index contributed by atoms with van der Waals surface area (Å²) in [7, 11) is 0. The van der Waals surface area contributed by atoms with Gasteiger partial charge in [0.25, 0.3) is 0 Å². The highest BCUT2D eigenvalue weighted by atomic mass is 14.3. The van der Waals surface area contributed by atoms with Gasteiger partial charge in [-0.05, 0) is 62.2 Å². The number of hydrogen-bond donors (Lipinski definition) is 0. The number of hydrogen-bond acceptors (Lipinski definition) is 0. The van der Waals surface area contributed by atoms with Crippen LogP contribution in [-0.2, 0) is 0 Å². The minimum absolute atomic E-state index is 0.777. The summed E-state index contributed by atoms with van der Waals surface area (Å²) in [5.41, 5.74) is 0. The van der Waals surface area contributed by atoms with E-state index in [1.54, 1.807) is 0 Å². The molecule has 2 fully saturated rings. The van der Waals surface area contributed by atoms with Gasteiger partial charge in [0.2, 0.25) is 0 Å². The second kappa shape index (κ2) is 5.52. The van der Waals surface area contributed by atoms with Gasteiger partial charge in [-0.3, -0.25) is 0 Å². The lowest BCUT2D eigenvalue weighted by atomic mass is 10.00. The quantitative estimate of drug-likeness (QED) is 0.595. The van der Waals surface area contributed by atoms with Crippen molar-refractivity contribution in [1.82, 2.24) is 0 Å². The van der Waals surface area contributed by atoms with Gasteiger partial charge in [-0.15, -0.1) is 13.2 Å². The molecule has 4 atom stereocenters. The van der Waals surface area contributed by atoms with Crippen molar-refractivity contribution in [2.24, 2.45) is 23.7 Å². The van der Waals surface area contributed by atoms with Crippen LogP contribution < -0.4 is 0 Å². The average Bonchev–Trinajstić information content (AvgIpc) is 2.95. The Morgan fingerprint density at radius 2 is 1.00 bits per heavy atom. The smallest absolute Gasteiger partial charge is 0.0228 e. The molecule has 0 aliphatic heterocycles. The summed E-state index contributed by atoms with van der Waals surface area (Å²) in [6, 6.07) is 0. The van der Waals surface area contributed by atoms with Gasteiger partial charge >= 0.3 is 0 Å². The molecule has 16 heavy (non-hydrogen) atoms. The van der Waals surface area contributed by atoms with Crippen LogP contribution >= 0.6 is 0 Å². The van der Waals surface area contributed by atoms with E-state index < -0.39 is 0 Å². The molecule has 0 saturated heterocycles. The van der Waals surface area contributed by atoms with Crippen LogP contribution in [0.5, 0.6) is 0 Å². The van der Waals surface area contributed by atoms with Crippen molar-refractivity contribution in [2.45, 2.75) is 38.5 Å². The molecule has 4 unspecified atom stereocenters. The Labute approximate surface area is 100 Å². The van der Waals surface area contributed by atoms with E-state index in [2.05, 4.69) is 37.5 Å². The fraction of sp³-hybridized carbons (Fsp3) is 0.625. The maximum atomic E-state index is 3.90. The van der Waals surface area contributed by atoms with Crippen LogP contribution in [0.15, 0.2) is 37.5 Å². The van der Waals surface area contributed by atoms with Crippen LogP contribution in [0.1, 0.15) is 38.5 Å². The van der Waals surface area contributed by atoms with Gasteiger partial charge in [0.1, 0.15) is 0 Å². The largest absolute Gasteiger partial charge is 0.103 e. The highest BCUT2D eigenvalue weighted by Gasteiger charge is 2.23. The number of allylic oxidation sites excluding steroid dienone is 4. The van der Waals surface area contributed by atoms with E-state index in [4.69, 9.17) is 0 Å². The molecule has 0 nitrogen and oxygen atoms in total. The van der Waals surface area contributed by atoms with Gasteiger partial charge in [0.05, 0.1) is 0 Å². The highest BCUT2D eigenvalue weighted by Crippen LogP contribution is 2.35. The van der Waals surface area contributed by atoms with Gasteiger partial charge in [0, 0.05) is 0 Å². The molecule has 0 N–H and O–H groups in total. The maximum Gasteiger partial charge on any atom is -0.0228 e. The molecule has 2 aliphatic carbocycles. The Hall–Kier alpha value is -0.780. The molecule has 0 spiro atoms. The Morgan fingerprint density at radius 3 is 1.31 bits per heavy atom. The predicted molar refractivity (Wildman–Crippen MR) is 71.2 cm³/mol. The Bertz CT molecular complexity index is 246. The fourth-order valence-electron chi connectivity index (χ4n) is 3.20. The van der Waals surface area contributed by atoms with Gasteiger partial charge in [-0.25, -0.2) is 0 Å². The lowest BCUT2D eigenvalue weighted by Gasteiger charge is -2.06. The molecule has 88 valence electrons. The molecule has 0 aromatic heterocycles. The minimum Gasteiger partial charge on any atom is -0.103 e. The molecular formula is C16H24. The molecule has 0 heterocycles. The van der Waals surface area contributed by atoms with Crippen molar-refractivity contribution in [1.29, 1.82) is 0 Å². The van der Waals surface area contributed by atoms with E-state index in [1.807, 2.05) is 0 Å². The van der Waals surface area contributed by atoms with Crippen molar-refractivity contribution >= 4 is 0 Å². The van der Waals surface area contributed by atoms with Gasteiger partial charge in [0.15, 0.2) is 0 Å². The van der Waals surface area contributed by atoms with E-state index in [0.29, 0.717) is 0 Å². The Kier molecular flexibility index (Phi) is 4.04. The van der Waals surface area contributed by atoms with Crippen molar-refractivity contribution < 1.29 is 0 Å². The lowest BCUT2D eigenvalue weighted by Crippen LogP contribution is -1.94. The topological polar surface area (TPSA) is 0 Å². The van der Waals surface area contributed by atoms with E-state index in [1.165, 1.54) is 38.5 Å². The van der Waals surface area contributed by atoms with Crippen molar-refractivity contribution in [3.63, 3.8) is 0 Å². The van der Waals surface area contributed by atoms with Crippen molar-refractivity contribution in [3.8, 4) is 0 Å². The minimum atomic E-state index is 0.777.